The monoisotopic (exact) mass is 803 g/mol. The Labute approximate surface area is 344 Å². The molecule has 2 saturated carbocycles. The zero-order valence-corrected chi connectivity index (χ0v) is 34.4. The van der Waals surface area contributed by atoms with Crippen molar-refractivity contribution in [2.24, 2.45) is 17.9 Å². The lowest BCUT2D eigenvalue weighted by Crippen LogP contribution is -2.35. The van der Waals surface area contributed by atoms with Gasteiger partial charge in [-0.15, -0.1) is 0 Å². The number of methoxy groups -OCH3 is 1. The number of ether oxygens (including phenoxy) is 1. The number of carboxylic acid groups (broad SMARTS) is 1. The van der Waals surface area contributed by atoms with Crippen LogP contribution in [0.1, 0.15) is 101 Å². The van der Waals surface area contributed by atoms with Gasteiger partial charge in [-0.05, 0) is 111 Å². The second kappa shape index (κ2) is 16.3. The summed E-state index contributed by atoms with van der Waals surface area (Å²) in [5.74, 6) is -0.441. The fourth-order valence-electron chi connectivity index (χ4n) is 10.0. The number of carboxylic acids is 1. The highest BCUT2D eigenvalue weighted by atomic mass is 19.1. The molecule has 4 aliphatic rings. The van der Waals surface area contributed by atoms with Crippen LogP contribution in [0.2, 0.25) is 0 Å². The molecular weight excluding hydrogens is 750 g/mol. The number of pyridine rings is 1. The van der Waals surface area contributed by atoms with E-state index < -0.39 is 17.2 Å². The van der Waals surface area contributed by atoms with Crippen LogP contribution in [-0.4, -0.2) is 75.1 Å². The van der Waals surface area contributed by atoms with Crippen LogP contribution < -0.4 is 20.7 Å². The molecule has 12 nitrogen and oxygen atoms in total. The predicted molar refractivity (Wildman–Crippen MR) is 224 cm³/mol. The van der Waals surface area contributed by atoms with Gasteiger partial charge in [0.2, 0.25) is 5.91 Å². The van der Waals surface area contributed by atoms with Crippen molar-refractivity contribution in [2.45, 2.75) is 90.8 Å². The quantitative estimate of drug-likeness (QED) is 0.106. The Balaban J connectivity index is 0.929. The Morgan fingerprint density at radius 2 is 1.85 bits per heavy atom. The highest BCUT2D eigenvalue weighted by Gasteiger charge is 2.57. The fraction of sp³-hybridized carbons (Fsp3) is 0.457. The van der Waals surface area contributed by atoms with Gasteiger partial charge in [0.05, 0.1) is 18.2 Å². The van der Waals surface area contributed by atoms with E-state index in [1.807, 2.05) is 61.9 Å². The molecule has 1 atom stereocenters. The van der Waals surface area contributed by atoms with Crippen LogP contribution in [0.3, 0.4) is 0 Å². The molecule has 2 aromatic heterocycles. The third-order valence-corrected chi connectivity index (χ3v) is 13.7. The Hall–Kier alpha value is -5.40. The van der Waals surface area contributed by atoms with Crippen LogP contribution in [0.25, 0.3) is 23.0 Å². The van der Waals surface area contributed by atoms with E-state index in [0.717, 1.165) is 104 Å². The first-order chi connectivity index (χ1) is 28.4. The Morgan fingerprint density at radius 3 is 2.56 bits per heavy atom. The molecule has 0 spiro atoms. The second-order valence-corrected chi connectivity index (χ2v) is 17.2. The number of carbonyl (C=O) groups is 3. The number of nitrogens with one attached hydrogen (secondary N) is 3. The van der Waals surface area contributed by atoms with Gasteiger partial charge >= 0.3 is 5.97 Å². The van der Waals surface area contributed by atoms with Crippen LogP contribution in [0.4, 0.5) is 10.1 Å². The van der Waals surface area contributed by atoms with E-state index in [-0.39, 0.29) is 29.0 Å². The molecule has 310 valence electrons. The van der Waals surface area contributed by atoms with Crippen LogP contribution in [0.5, 0.6) is 5.75 Å². The first-order valence-corrected chi connectivity index (χ1v) is 20.8. The normalized spacial score (nSPS) is 22.7. The summed E-state index contributed by atoms with van der Waals surface area (Å²) in [5.41, 5.74) is 7.55. The largest absolute Gasteiger partial charge is 0.496 e. The number of aliphatic carboxylic acids is 1. The van der Waals surface area contributed by atoms with E-state index in [9.17, 15) is 19.5 Å². The molecule has 2 amide bonds. The molecule has 4 N–H and O–H groups in total. The number of fused-ring (bicyclic) bond motifs is 3. The Kier molecular flexibility index (Phi) is 11.2. The minimum Gasteiger partial charge on any atom is -0.496 e. The lowest BCUT2D eigenvalue weighted by molar-refractivity contribution is -0.148. The summed E-state index contributed by atoms with van der Waals surface area (Å²) >= 11 is 0. The Morgan fingerprint density at radius 1 is 1.08 bits per heavy atom. The van der Waals surface area contributed by atoms with Gasteiger partial charge in [-0.2, -0.15) is 0 Å². The molecule has 0 radical (unpaired) electrons. The number of carbonyl (C=O) groups excluding carboxylic acids is 2. The summed E-state index contributed by atoms with van der Waals surface area (Å²) in [4.78, 5) is 49.0. The van der Waals surface area contributed by atoms with Crippen molar-refractivity contribution in [1.29, 1.82) is 0 Å². The minimum atomic E-state index is -0.623. The number of hydrogen-bond donors (Lipinski definition) is 4. The third kappa shape index (κ3) is 8.02. The molecule has 2 aromatic carbocycles. The summed E-state index contributed by atoms with van der Waals surface area (Å²) in [7, 11) is 3.45. The molecule has 13 heteroatoms. The van der Waals surface area contributed by atoms with Crippen LogP contribution in [0.15, 0.2) is 48.7 Å². The number of rotatable bonds is 14. The predicted octanol–water partition coefficient (Wildman–Crippen LogP) is 6.98. The van der Waals surface area contributed by atoms with E-state index in [4.69, 9.17) is 9.72 Å². The van der Waals surface area contributed by atoms with Gasteiger partial charge in [0.15, 0.2) is 5.82 Å². The van der Waals surface area contributed by atoms with Gasteiger partial charge in [-0.1, -0.05) is 30.3 Å². The van der Waals surface area contributed by atoms with Gasteiger partial charge < -0.3 is 30.4 Å². The van der Waals surface area contributed by atoms with Crippen molar-refractivity contribution in [1.82, 2.24) is 30.1 Å². The molecule has 1 saturated heterocycles. The molecule has 3 fully saturated rings. The van der Waals surface area contributed by atoms with Crippen molar-refractivity contribution in [3.8, 4) is 16.9 Å². The summed E-state index contributed by atoms with van der Waals surface area (Å²) in [6.45, 7) is 7.49. The number of hydrogen-bond acceptors (Lipinski definition) is 8. The molecule has 0 unspecified atom stereocenters. The minimum absolute atomic E-state index is 0.0706. The first kappa shape index (κ1) is 40.4. The average molecular weight is 804 g/mol. The topological polar surface area (TPSA) is 151 Å². The number of halogens is 1. The molecule has 4 aromatic rings. The highest BCUT2D eigenvalue weighted by Crippen LogP contribution is 2.63. The molecule has 8 rings (SSSR count). The summed E-state index contributed by atoms with van der Waals surface area (Å²) in [6, 6.07) is 13.3. The fourth-order valence-corrected chi connectivity index (χ4v) is 10.0. The van der Waals surface area contributed by atoms with Crippen LogP contribution >= 0.6 is 0 Å². The summed E-state index contributed by atoms with van der Waals surface area (Å²) in [6.07, 6.45) is 10.6. The van der Waals surface area contributed by atoms with E-state index in [1.165, 1.54) is 6.08 Å². The smallest absolute Gasteiger partial charge is 0.309 e. The Bertz CT molecular complexity index is 2330. The van der Waals surface area contributed by atoms with E-state index in [2.05, 4.69) is 25.8 Å². The lowest BCUT2D eigenvalue weighted by atomic mass is 9.80. The zero-order chi connectivity index (χ0) is 41.5. The maximum Gasteiger partial charge on any atom is 0.309 e. The number of nitrogens with zero attached hydrogens (tertiary/aromatic N) is 4. The van der Waals surface area contributed by atoms with Crippen molar-refractivity contribution >= 4 is 35.4 Å². The van der Waals surface area contributed by atoms with Gasteiger partial charge in [-0.25, -0.2) is 9.37 Å². The van der Waals surface area contributed by atoms with Gasteiger partial charge in [0.1, 0.15) is 17.3 Å². The standard InChI is InChI=1S/C46H54FN7O5/c1-28-30(21-35(47)37-22-40(59-4)31(24-49-37)23-48-25-32-11-12-41(55)50-32)7-5-8-33(28)34-9-6-10-36(29(34)2)52-43(56)42-51-38-26-54(19-13-39(38)53(42)3)20-18-45-14-16-46(27-45,17-15-45)44(57)58/h5-10,21-22,24,32,48H,11-20,23,25-27H2,1-4H3,(H,50,55)(H,52,56)(H,57,58)/b35-21-/t32-,45?,46?/m0/s1. The number of aromatic nitrogens is 3. The molecule has 59 heavy (non-hydrogen) atoms. The lowest BCUT2D eigenvalue weighted by Gasteiger charge is -2.32. The number of amides is 2. The molecule has 2 aliphatic heterocycles. The summed E-state index contributed by atoms with van der Waals surface area (Å²) in [5, 5.41) is 19.2. The number of benzene rings is 2. The van der Waals surface area contributed by atoms with Crippen molar-refractivity contribution in [3.63, 3.8) is 0 Å². The highest BCUT2D eigenvalue weighted by molar-refractivity contribution is 6.03. The molecule has 2 bridgehead atoms. The van der Waals surface area contributed by atoms with Crippen molar-refractivity contribution in [3.05, 3.63) is 93.8 Å². The van der Waals surface area contributed by atoms with Gasteiger partial charge in [-0.3, -0.25) is 24.3 Å². The molecule has 2 aliphatic carbocycles. The number of imidazole rings is 1. The SMILES string of the molecule is COc1cc(/C(F)=C/c2cccc(-c3cccc(NC(=O)c4nc5c(n4C)CCN(CCC46CCC(C(=O)O)(CC4)C6)C5)c3C)c2C)ncc1CNC[C@@H]1CCC(=O)N1. The maximum absolute atomic E-state index is 15.8. The van der Waals surface area contributed by atoms with E-state index in [1.54, 1.807) is 19.4 Å². The van der Waals surface area contributed by atoms with Crippen LogP contribution in [-0.2, 0) is 36.1 Å². The summed E-state index contributed by atoms with van der Waals surface area (Å²) < 4.78 is 23.3. The zero-order valence-electron chi connectivity index (χ0n) is 34.4. The second-order valence-electron chi connectivity index (χ2n) is 17.2. The van der Waals surface area contributed by atoms with Gasteiger partial charge in [0.25, 0.3) is 5.91 Å². The van der Waals surface area contributed by atoms with Crippen LogP contribution in [0, 0.1) is 24.7 Å². The van der Waals surface area contributed by atoms with Gasteiger partial charge in [0, 0.05) is 81.3 Å². The third-order valence-electron chi connectivity index (χ3n) is 13.7. The van der Waals surface area contributed by atoms with E-state index >= 15 is 4.39 Å². The average Bonchev–Trinajstić information content (AvgIpc) is 4.01. The maximum atomic E-state index is 15.8. The van der Waals surface area contributed by atoms with Crippen molar-refractivity contribution < 1.29 is 28.6 Å². The first-order valence-electron chi connectivity index (χ1n) is 20.8. The van der Waals surface area contributed by atoms with Crippen molar-refractivity contribution in [2.75, 3.05) is 32.1 Å². The van der Waals surface area contributed by atoms with E-state index in [0.29, 0.717) is 48.9 Å². The number of anilines is 1. The molecular formula is C46H54FN7O5. The molecule has 4 heterocycles.